The van der Waals surface area contributed by atoms with E-state index in [0.29, 0.717) is 5.56 Å². The normalized spacial score (nSPS) is 14.0. The van der Waals surface area contributed by atoms with Gasteiger partial charge < -0.3 is 15.0 Å². The van der Waals surface area contributed by atoms with Crippen LogP contribution >= 0.6 is 23.2 Å². The van der Waals surface area contributed by atoms with Gasteiger partial charge in [0.05, 0.1) is 18.3 Å². The number of nitrogens with one attached hydrogen (secondary N) is 1. The molecule has 0 bridgehead atoms. The third-order valence-corrected chi connectivity index (χ3v) is 9.52. The maximum absolute atomic E-state index is 14.4. The Morgan fingerprint density at radius 2 is 1.69 bits per heavy atom. The molecular weight excluding hydrogens is 643 g/mol. The molecule has 1 fully saturated rings. The summed E-state index contributed by atoms with van der Waals surface area (Å²) < 4.78 is 32.3. The van der Waals surface area contributed by atoms with Gasteiger partial charge in [-0.1, -0.05) is 72.4 Å². The summed E-state index contributed by atoms with van der Waals surface area (Å²) in [6.07, 6.45) is 4.56. The van der Waals surface area contributed by atoms with Crippen LogP contribution in [0, 0.1) is 10.1 Å². The van der Waals surface area contributed by atoms with Gasteiger partial charge in [0.15, 0.2) is 0 Å². The number of halogens is 2. The molecule has 0 unspecified atom stereocenters. The number of carbonyl (C=O) groups excluding carboxylic acids is 2. The first-order chi connectivity index (χ1) is 21.4. The van der Waals surface area contributed by atoms with Crippen LogP contribution in [0.2, 0.25) is 10.0 Å². The smallest absolute Gasteiger partial charge is 0.271 e. The highest BCUT2D eigenvalue weighted by atomic mass is 35.5. The van der Waals surface area contributed by atoms with Crippen LogP contribution in [-0.4, -0.2) is 62.0 Å². The summed E-state index contributed by atoms with van der Waals surface area (Å²) >= 11 is 13.0. The minimum atomic E-state index is -4.20. The zero-order valence-electron chi connectivity index (χ0n) is 24.8. The Labute approximate surface area is 272 Å². The van der Waals surface area contributed by atoms with E-state index in [2.05, 4.69) is 5.32 Å². The van der Waals surface area contributed by atoms with Gasteiger partial charge in [-0.25, -0.2) is 8.42 Å². The lowest BCUT2D eigenvalue weighted by Gasteiger charge is -2.34. The van der Waals surface area contributed by atoms with Gasteiger partial charge in [0.2, 0.25) is 21.8 Å². The minimum absolute atomic E-state index is 0.000615. The molecule has 14 heteroatoms. The molecule has 1 N–H and O–H groups in total. The number of nitro benzene ring substituents is 1. The largest absolute Gasteiger partial charge is 0.495 e. The van der Waals surface area contributed by atoms with Crippen LogP contribution in [0.15, 0.2) is 66.7 Å². The van der Waals surface area contributed by atoms with Gasteiger partial charge in [0.1, 0.15) is 24.0 Å². The Hall–Kier alpha value is -3.87. The summed E-state index contributed by atoms with van der Waals surface area (Å²) in [5.74, 6) is -1.16. The number of hydrogen-bond acceptors (Lipinski definition) is 7. The minimum Gasteiger partial charge on any atom is -0.495 e. The lowest BCUT2D eigenvalue weighted by Crippen LogP contribution is -2.54. The van der Waals surface area contributed by atoms with Gasteiger partial charge in [-0.3, -0.25) is 24.0 Å². The van der Waals surface area contributed by atoms with Crippen molar-refractivity contribution in [3.05, 3.63) is 98.0 Å². The first kappa shape index (κ1) is 34.0. The molecule has 240 valence electrons. The zero-order chi connectivity index (χ0) is 32.7. The molecule has 1 aliphatic rings. The van der Waals surface area contributed by atoms with Gasteiger partial charge in [-0.15, -0.1) is 0 Å². The fraction of sp³-hybridized carbons (Fsp3) is 0.355. The van der Waals surface area contributed by atoms with Crippen LogP contribution in [0.5, 0.6) is 5.75 Å². The molecule has 2 amide bonds. The Balaban J connectivity index is 1.81. The lowest BCUT2D eigenvalue weighted by atomic mass is 10.0. The molecule has 11 nitrogen and oxygen atoms in total. The molecule has 45 heavy (non-hydrogen) atoms. The van der Waals surface area contributed by atoms with Crippen LogP contribution in [0.4, 0.5) is 11.4 Å². The number of ether oxygens (including phenoxy) is 1. The Bertz CT molecular complexity index is 1630. The Morgan fingerprint density at radius 1 is 1.04 bits per heavy atom. The van der Waals surface area contributed by atoms with E-state index in [-0.39, 0.29) is 40.5 Å². The van der Waals surface area contributed by atoms with Crippen molar-refractivity contribution < 1.29 is 27.7 Å². The van der Waals surface area contributed by atoms with Gasteiger partial charge in [0.25, 0.3) is 5.69 Å². The summed E-state index contributed by atoms with van der Waals surface area (Å²) in [7, 11) is -2.92. The second kappa shape index (κ2) is 14.9. The van der Waals surface area contributed by atoms with Crippen molar-refractivity contribution in [2.45, 2.75) is 50.7 Å². The number of sulfonamides is 1. The van der Waals surface area contributed by atoms with E-state index >= 15 is 0 Å². The molecule has 0 aliphatic heterocycles. The van der Waals surface area contributed by atoms with E-state index in [1.807, 2.05) is 30.3 Å². The third-order valence-electron chi connectivity index (χ3n) is 7.68. The van der Waals surface area contributed by atoms with Crippen molar-refractivity contribution in [3.63, 3.8) is 0 Å². The molecule has 1 aliphatic carbocycles. The van der Waals surface area contributed by atoms with E-state index in [1.54, 1.807) is 18.2 Å². The topological polar surface area (TPSA) is 139 Å². The van der Waals surface area contributed by atoms with E-state index in [4.69, 9.17) is 27.9 Å². The lowest BCUT2D eigenvalue weighted by molar-refractivity contribution is -0.384. The van der Waals surface area contributed by atoms with Gasteiger partial charge in [0, 0.05) is 46.7 Å². The second-order valence-electron chi connectivity index (χ2n) is 10.8. The zero-order valence-corrected chi connectivity index (χ0v) is 27.1. The molecule has 3 aromatic rings. The van der Waals surface area contributed by atoms with Gasteiger partial charge >= 0.3 is 0 Å². The molecular formula is C31H34Cl2N4O7S. The van der Waals surface area contributed by atoms with Crippen molar-refractivity contribution in [1.82, 2.24) is 10.2 Å². The number of anilines is 1. The van der Waals surface area contributed by atoms with Crippen LogP contribution in [0.25, 0.3) is 0 Å². The van der Waals surface area contributed by atoms with Crippen LogP contribution in [-0.2, 0) is 32.6 Å². The highest BCUT2D eigenvalue weighted by molar-refractivity contribution is 7.92. The van der Waals surface area contributed by atoms with Crippen molar-refractivity contribution in [3.8, 4) is 5.75 Å². The SMILES string of the molecule is COc1ccc([N+](=O)[O-])cc1N(CC(=O)N(Cc1c(Cl)cccc1Cl)[C@@H](Cc1ccccc1)C(=O)NC1CCCC1)S(C)(=O)=O. The highest BCUT2D eigenvalue weighted by Gasteiger charge is 2.36. The van der Waals surface area contributed by atoms with Crippen molar-refractivity contribution >= 4 is 56.4 Å². The number of nitro groups is 1. The summed E-state index contributed by atoms with van der Waals surface area (Å²) in [4.78, 5) is 40.5. The number of rotatable bonds is 13. The van der Waals surface area contributed by atoms with Crippen LogP contribution < -0.4 is 14.4 Å². The molecule has 0 saturated heterocycles. The van der Waals surface area contributed by atoms with Crippen LogP contribution in [0.1, 0.15) is 36.8 Å². The number of amides is 2. The fourth-order valence-electron chi connectivity index (χ4n) is 5.36. The quantitative estimate of drug-likeness (QED) is 0.190. The second-order valence-corrected chi connectivity index (χ2v) is 13.5. The summed E-state index contributed by atoms with van der Waals surface area (Å²) in [6.45, 7) is -1.00. The van der Waals surface area contributed by atoms with Crippen molar-refractivity contribution in [2.75, 3.05) is 24.2 Å². The molecule has 0 heterocycles. The number of methoxy groups -OCH3 is 1. The van der Waals surface area contributed by atoms with E-state index < -0.39 is 45.0 Å². The summed E-state index contributed by atoms with van der Waals surface area (Å²) in [6, 6.07) is 16.3. The number of benzene rings is 3. The molecule has 4 rings (SSSR count). The first-order valence-corrected chi connectivity index (χ1v) is 16.9. The predicted molar refractivity (Wildman–Crippen MR) is 173 cm³/mol. The maximum atomic E-state index is 14.4. The molecule has 0 spiro atoms. The Kier molecular flexibility index (Phi) is 11.3. The van der Waals surface area contributed by atoms with Crippen molar-refractivity contribution in [1.29, 1.82) is 0 Å². The van der Waals surface area contributed by atoms with Gasteiger partial charge in [-0.2, -0.15) is 0 Å². The summed E-state index contributed by atoms with van der Waals surface area (Å²) in [5, 5.41) is 15.2. The average molecular weight is 678 g/mol. The fourth-order valence-corrected chi connectivity index (χ4v) is 6.72. The third kappa shape index (κ3) is 8.65. The van der Waals surface area contributed by atoms with E-state index in [0.717, 1.165) is 47.9 Å². The average Bonchev–Trinajstić information content (AvgIpc) is 3.51. The van der Waals surface area contributed by atoms with E-state index in [1.165, 1.54) is 24.1 Å². The standard InChI is InChI=1S/C31H34Cl2N4O7S/c1-44-29-16-15-23(37(40)41)18-27(29)36(45(2,42)43)20-30(38)35(19-24-25(32)13-8-14-26(24)33)28(17-21-9-4-3-5-10-21)31(39)34-22-11-6-7-12-22/h3-5,8-10,13-16,18,22,28H,6-7,11-12,17,19-20H2,1-2H3,(H,34,39)/t28-/m0/s1. The molecule has 0 aromatic heterocycles. The number of non-ortho nitro benzene ring substituents is 1. The summed E-state index contributed by atoms with van der Waals surface area (Å²) in [5.41, 5.74) is 0.546. The molecule has 1 saturated carbocycles. The monoisotopic (exact) mass is 676 g/mol. The number of carbonyl (C=O) groups is 2. The molecule has 0 radical (unpaired) electrons. The number of nitrogens with zero attached hydrogens (tertiary/aromatic N) is 3. The first-order valence-electron chi connectivity index (χ1n) is 14.3. The molecule has 1 atom stereocenters. The van der Waals surface area contributed by atoms with Crippen molar-refractivity contribution in [2.24, 2.45) is 0 Å². The predicted octanol–water partition coefficient (Wildman–Crippen LogP) is 5.38. The number of hydrogen-bond donors (Lipinski definition) is 1. The van der Waals surface area contributed by atoms with E-state index in [9.17, 15) is 28.1 Å². The Morgan fingerprint density at radius 3 is 2.27 bits per heavy atom. The van der Waals surface area contributed by atoms with Gasteiger partial charge in [-0.05, 0) is 36.6 Å². The van der Waals surface area contributed by atoms with Crippen LogP contribution in [0.3, 0.4) is 0 Å². The maximum Gasteiger partial charge on any atom is 0.271 e. The molecule has 3 aromatic carbocycles. The highest BCUT2D eigenvalue weighted by Crippen LogP contribution is 2.34.